The normalized spacial score (nSPS) is 36.5. The van der Waals surface area contributed by atoms with Gasteiger partial charge in [0.2, 0.25) is 0 Å². The number of hydrogen-bond acceptors (Lipinski definition) is 2. The van der Waals surface area contributed by atoms with Crippen molar-refractivity contribution in [1.29, 1.82) is 0 Å². The Morgan fingerprint density at radius 2 is 1.92 bits per heavy atom. The van der Waals surface area contributed by atoms with E-state index in [4.69, 9.17) is 0 Å². The highest BCUT2D eigenvalue weighted by Crippen LogP contribution is 2.37. The molecule has 0 spiro atoms. The Hall–Kier alpha value is -0.0800. The van der Waals surface area contributed by atoms with Crippen LogP contribution in [0.4, 0.5) is 0 Å². The van der Waals surface area contributed by atoms with Crippen molar-refractivity contribution in [2.45, 2.75) is 32.2 Å². The molecule has 13 heavy (non-hydrogen) atoms. The maximum atomic E-state index is 3.32. The van der Waals surface area contributed by atoms with Crippen LogP contribution >= 0.6 is 0 Å². The summed E-state index contributed by atoms with van der Waals surface area (Å²) in [4.78, 5) is 2.65. The molecule has 2 fully saturated rings. The molecule has 0 aromatic carbocycles. The molecule has 1 heterocycles. The second kappa shape index (κ2) is 3.97. The number of rotatable bonds is 3. The van der Waals surface area contributed by atoms with Gasteiger partial charge >= 0.3 is 0 Å². The third-order valence-electron chi connectivity index (χ3n) is 3.83. The molecule has 1 saturated heterocycles. The Balaban J connectivity index is 1.78. The van der Waals surface area contributed by atoms with E-state index in [1.165, 1.54) is 38.9 Å². The lowest BCUT2D eigenvalue weighted by Gasteiger charge is -2.20. The molecule has 2 rings (SSSR count). The topological polar surface area (TPSA) is 15.3 Å². The van der Waals surface area contributed by atoms with Gasteiger partial charge in [0.05, 0.1) is 0 Å². The molecule has 0 aromatic rings. The third kappa shape index (κ3) is 2.05. The number of likely N-dealkylation sites (N-methyl/N-ethyl adjacent to an activating group) is 1. The van der Waals surface area contributed by atoms with Crippen LogP contribution in [0.2, 0.25) is 0 Å². The number of nitrogens with one attached hydrogen (secondary N) is 1. The standard InChI is InChI=1S/C11H22N2/c1-9(12-2)6-13-7-10-4-3-5-11(10)8-13/h9-12H,3-8H2,1-2H3/t9-,10?,11?/m0/s1. The van der Waals surface area contributed by atoms with E-state index in [2.05, 4.69) is 24.2 Å². The van der Waals surface area contributed by atoms with Crippen LogP contribution in [0.1, 0.15) is 26.2 Å². The van der Waals surface area contributed by atoms with E-state index in [-0.39, 0.29) is 0 Å². The molecule has 0 bridgehead atoms. The van der Waals surface area contributed by atoms with Crippen molar-refractivity contribution in [1.82, 2.24) is 10.2 Å². The van der Waals surface area contributed by atoms with Gasteiger partial charge in [0, 0.05) is 25.7 Å². The van der Waals surface area contributed by atoms with Crippen LogP contribution in [0.25, 0.3) is 0 Å². The first kappa shape index (κ1) is 9.47. The van der Waals surface area contributed by atoms with Crippen LogP contribution in [0, 0.1) is 11.8 Å². The largest absolute Gasteiger partial charge is 0.316 e. The molecule has 0 radical (unpaired) electrons. The Labute approximate surface area is 81.7 Å². The zero-order valence-corrected chi connectivity index (χ0v) is 8.92. The molecule has 1 aliphatic carbocycles. The van der Waals surface area contributed by atoms with E-state index in [1.54, 1.807) is 0 Å². The quantitative estimate of drug-likeness (QED) is 0.708. The van der Waals surface area contributed by atoms with Crippen molar-refractivity contribution in [3.05, 3.63) is 0 Å². The summed E-state index contributed by atoms with van der Waals surface area (Å²) in [7, 11) is 2.06. The molecule has 0 aromatic heterocycles. The lowest BCUT2D eigenvalue weighted by Crippen LogP contribution is -2.36. The third-order valence-corrected chi connectivity index (χ3v) is 3.83. The second-order valence-corrected chi connectivity index (χ2v) is 4.86. The maximum absolute atomic E-state index is 3.32. The fourth-order valence-electron chi connectivity index (χ4n) is 2.96. The molecule has 76 valence electrons. The average Bonchev–Trinajstić information content (AvgIpc) is 2.63. The summed E-state index contributed by atoms with van der Waals surface area (Å²) in [6.07, 6.45) is 4.48. The summed E-state index contributed by atoms with van der Waals surface area (Å²) in [6, 6.07) is 0.652. The molecule has 1 aliphatic heterocycles. The molecule has 1 saturated carbocycles. The van der Waals surface area contributed by atoms with Crippen molar-refractivity contribution in [2.24, 2.45) is 11.8 Å². The summed E-state index contributed by atoms with van der Waals surface area (Å²) in [6.45, 7) is 6.25. The van der Waals surface area contributed by atoms with Gasteiger partial charge in [-0.15, -0.1) is 0 Å². The molecule has 2 nitrogen and oxygen atoms in total. The van der Waals surface area contributed by atoms with E-state index < -0.39 is 0 Å². The highest BCUT2D eigenvalue weighted by molar-refractivity contribution is 4.89. The van der Waals surface area contributed by atoms with Crippen LogP contribution < -0.4 is 5.32 Å². The van der Waals surface area contributed by atoms with E-state index in [1.807, 2.05) is 0 Å². The van der Waals surface area contributed by atoms with Crippen molar-refractivity contribution in [3.63, 3.8) is 0 Å². The molecular formula is C11H22N2. The van der Waals surface area contributed by atoms with Crippen molar-refractivity contribution >= 4 is 0 Å². The summed E-state index contributed by atoms with van der Waals surface area (Å²) in [5, 5.41) is 3.32. The molecule has 0 amide bonds. The Morgan fingerprint density at radius 3 is 2.46 bits per heavy atom. The molecule has 2 aliphatic rings. The van der Waals surface area contributed by atoms with Gasteiger partial charge in [-0.1, -0.05) is 6.42 Å². The van der Waals surface area contributed by atoms with Gasteiger partial charge in [0.1, 0.15) is 0 Å². The van der Waals surface area contributed by atoms with Crippen molar-refractivity contribution in [2.75, 3.05) is 26.7 Å². The number of nitrogens with zero attached hydrogens (tertiary/aromatic N) is 1. The van der Waals surface area contributed by atoms with Crippen LogP contribution in [-0.2, 0) is 0 Å². The maximum Gasteiger partial charge on any atom is 0.0163 e. The zero-order chi connectivity index (χ0) is 9.26. The summed E-state index contributed by atoms with van der Waals surface area (Å²) in [5.74, 6) is 2.09. The minimum Gasteiger partial charge on any atom is -0.316 e. The van der Waals surface area contributed by atoms with Crippen LogP contribution in [0.5, 0.6) is 0 Å². The van der Waals surface area contributed by atoms with Gasteiger partial charge in [-0.3, -0.25) is 0 Å². The summed E-state index contributed by atoms with van der Waals surface area (Å²) < 4.78 is 0. The van der Waals surface area contributed by atoms with E-state index in [9.17, 15) is 0 Å². The Bertz CT molecular complexity index is 155. The van der Waals surface area contributed by atoms with Gasteiger partial charge in [0.15, 0.2) is 0 Å². The lowest BCUT2D eigenvalue weighted by molar-refractivity contribution is 0.283. The van der Waals surface area contributed by atoms with Crippen molar-refractivity contribution < 1.29 is 0 Å². The average molecular weight is 182 g/mol. The minimum absolute atomic E-state index is 0.652. The zero-order valence-electron chi connectivity index (χ0n) is 8.92. The SMILES string of the molecule is CN[C@@H](C)CN1CC2CCCC2C1. The Morgan fingerprint density at radius 1 is 1.31 bits per heavy atom. The first-order valence-corrected chi connectivity index (χ1v) is 5.69. The number of fused-ring (bicyclic) bond motifs is 1. The second-order valence-electron chi connectivity index (χ2n) is 4.86. The van der Waals surface area contributed by atoms with E-state index in [0.717, 1.165) is 11.8 Å². The smallest absolute Gasteiger partial charge is 0.0163 e. The van der Waals surface area contributed by atoms with Crippen molar-refractivity contribution in [3.8, 4) is 0 Å². The fourth-order valence-corrected chi connectivity index (χ4v) is 2.96. The predicted octanol–water partition coefficient (Wildman–Crippen LogP) is 1.33. The Kier molecular flexibility index (Phi) is 2.89. The van der Waals surface area contributed by atoms with Gasteiger partial charge in [0.25, 0.3) is 0 Å². The van der Waals surface area contributed by atoms with Crippen LogP contribution in [-0.4, -0.2) is 37.6 Å². The first-order chi connectivity index (χ1) is 6.29. The van der Waals surface area contributed by atoms with Gasteiger partial charge < -0.3 is 10.2 Å². The monoisotopic (exact) mass is 182 g/mol. The molecular weight excluding hydrogens is 160 g/mol. The van der Waals surface area contributed by atoms with Gasteiger partial charge in [-0.2, -0.15) is 0 Å². The first-order valence-electron chi connectivity index (χ1n) is 5.69. The molecule has 3 atom stereocenters. The lowest BCUT2D eigenvalue weighted by atomic mass is 10.0. The fraction of sp³-hybridized carbons (Fsp3) is 1.00. The molecule has 1 N–H and O–H groups in total. The predicted molar refractivity (Wildman–Crippen MR) is 55.8 cm³/mol. The molecule has 2 heteroatoms. The number of likely N-dealkylation sites (tertiary alicyclic amines) is 1. The van der Waals surface area contributed by atoms with E-state index >= 15 is 0 Å². The number of hydrogen-bond donors (Lipinski definition) is 1. The van der Waals surface area contributed by atoms with Crippen LogP contribution in [0.3, 0.4) is 0 Å². The minimum atomic E-state index is 0.652. The van der Waals surface area contributed by atoms with Gasteiger partial charge in [-0.25, -0.2) is 0 Å². The molecule has 2 unspecified atom stereocenters. The highest BCUT2D eigenvalue weighted by atomic mass is 15.2. The highest BCUT2D eigenvalue weighted by Gasteiger charge is 2.35. The van der Waals surface area contributed by atoms with Gasteiger partial charge in [-0.05, 0) is 38.6 Å². The van der Waals surface area contributed by atoms with E-state index in [0.29, 0.717) is 6.04 Å². The summed E-state index contributed by atoms with van der Waals surface area (Å²) in [5.41, 5.74) is 0. The summed E-state index contributed by atoms with van der Waals surface area (Å²) >= 11 is 0. The van der Waals surface area contributed by atoms with Crippen LogP contribution in [0.15, 0.2) is 0 Å².